The standard InChI is InChI=1S/C19H24N4O4S/c1-3-27-18-7-5-4-6-17(18)21-19(24)22-13-16(14-22)23(28(2,25)26)12-15-8-10-20-11-9-15/h4-11,16H,3,12-14H2,1-2H3,(H,21,24). The van der Waals surface area contributed by atoms with Gasteiger partial charge in [-0.1, -0.05) is 12.1 Å². The number of rotatable bonds is 7. The molecule has 3 rings (SSSR count). The second-order valence-corrected chi connectivity index (χ2v) is 8.52. The first-order valence-electron chi connectivity index (χ1n) is 9.02. The van der Waals surface area contributed by atoms with Gasteiger partial charge >= 0.3 is 6.03 Å². The van der Waals surface area contributed by atoms with Gasteiger partial charge in [0.25, 0.3) is 0 Å². The maximum absolute atomic E-state index is 12.5. The van der Waals surface area contributed by atoms with E-state index in [0.717, 1.165) is 5.56 Å². The lowest BCUT2D eigenvalue weighted by molar-refractivity contribution is 0.106. The molecule has 0 saturated carbocycles. The van der Waals surface area contributed by atoms with E-state index in [0.29, 0.717) is 31.1 Å². The molecule has 1 fully saturated rings. The Balaban J connectivity index is 1.62. The second kappa shape index (κ2) is 8.57. The highest BCUT2D eigenvalue weighted by molar-refractivity contribution is 7.88. The van der Waals surface area contributed by atoms with Crippen LogP contribution in [0.25, 0.3) is 0 Å². The van der Waals surface area contributed by atoms with Gasteiger partial charge in [0, 0.05) is 32.0 Å². The number of amides is 2. The zero-order valence-electron chi connectivity index (χ0n) is 15.9. The molecule has 150 valence electrons. The molecule has 0 atom stereocenters. The molecule has 8 nitrogen and oxygen atoms in total. The minimum Gasteiger partial charge on any atom is -0.492 e. The zero-order chi connectivity index (χ0) is 20.1. The molecule has 1 aliphatic rings. The zero-order valence-corrected chi connectivity index (χ0v) is 16.7. The van der Waals surface area contributed by atoms with Crippen LogP contribution in [0.15, 0.2) is 48.8 Å². The van der Waals surface area contributed by atoms with Gasteiger partial charge in [-0.05, 0) is 36.8 Å². The van der Waals surface area contributed by atoms with Gasteiger partial charge in [-0.2, -0.15) is 4.31 Å². The highest BCUT2D eigenvalue weighted by Crippen LogP contribution is 2.26. The van der Waals surface area contributed by atoms with Crippen molar-refractivity contribution in [1.29, 1.82) is 0 Å². The minimum atomic E-state index is -3.41. The average molecular weight is 404 g/mol. The van der Waals surface area contributed by atoms with Gasteiger partial charge in [0.15, 0.2) is 0 Å². The fourth-order valence-electron chi connectivity index (χ4n) is 3.03. The number of carbonyl (C=O) groups is 1. The number of likely N-dealkylation sites (tertiary alicyclic amines) is 1. The summed E-state index contributed by atoms with van der Waals surface area (Å²) in [6.07, 6.45) is 4.45. The Labute approximate surface area is 165 Å². The first-order chi connectivity index (χ1) is 13.4. The Morgan fingerprint density at radius 1 is 1.25 bits per heavy atom. The Morgan fingerprint density at radius 3 is 2.57 bits per heavy atom. The Morgan fingerprint density at radius 2 is 1.93 bits per heavy atom. The Bertz CT molecular complexity index is 915. The summed E-state index contributed by atoms with van der Waals surface area (Å²) in [5.41, 5.74) is 1.45. The summed E-state index contributed by atoms with van der Waals surface area (Å²) in [7, 11) is -3.41. The molecule has 2 heterocycles. The number of aromatic nitrogens is 1. The first-order valence-corrected chi connectivity index (χ1v) is 10.9. The van der Waals surface area contributed by atoms with Gasteiger partial charge < -0.3 is 15.0 Å². The Hall–Kier alpha value is -2.65. The van der Waals surface area contributed by atoms with Crippen LogP contribution in [-0.2, 0) is 16.6 Å². The van der Waals surface area contributed by atoms with Crippen LogP contribution in [0.2, 0.25) is 0 Å². The number of hydrogen-bond acceptors (Lipinski definition) is 5. The van der Waals surface area contributed by atoms with E-state index in [1.54, 1.807) is 41.6 Å². The van der Waals surface area contributed by atoms with Crippen molar-refractivity contribution in [2.45, 2.75) is 19.5 Å². The number of sulfonamides is 1. The smallest absolute Gasteiger partial charge is 0.322 e. The third-order valence-corrected chi connectivity index (χ3v) is 5.78. The first kappa shape index (κ1) is 20.1. The summed E-state index contributed by atoms with van der Waals surface area (Å²) in [6, 6.07) is 10.3. The molecule has 1 saturated heterocycles. The highest BCUT2D eigenvalue weighted by atomic mass is 32.2. The maximum Gasteiger partial charge on any atom is 0.322 e. The average Bonchev–Trinajstić information content (AvgIpc) is 2.61. The van der Waals surface area contributed by atoms with E-state index in [1.165, 1.54) is 10.6 Å². The van der Waals surface area contributed by atoms with Crippen LogP contribution >= 0.6 is 0 Å². The lowest BCUT2D eigenvalue weighted by Crippen LogP contribution is -2.62. The summed E-state index contributed by atoms with van der Waals surface area (Å²) in [4.78, 5) is 18.0. The summed E-state index contributed by atoms with van der Waals surface area (Å²) >= 11 is 0. The third-order valence-electron chi connectivity index (χ3n) is 4.50. The number of urea groups is 1. The summed E-state index contributed by atoms with van der Waals surface area (Å²) < 4.78 is 31.4. The molecule has 1 N–H and O–H groups in total. The van der Waals surface area contributed by atoms with Crippen LogP contribution in [0.4, 0.5) is 10.5 Å². The molecule has 2 amide bonds. The van der Waals surface area contributed by atoms with Gasteiger partial charge in [0.1, 0.15) is 5.75 Å². The van der Waals surface area contributed by atoms with E-state index in [-0.39, 0.29) is 18.6 Å². The number of anilines is 1. The van der Waals surface area contributed by atoms with Crippen LogP contribution in [0, 0.1) is 0 Å². The van der Waals surface area contributed by atoms with Gasteiger partial charge in [-0.3, -0.25) is 4.98 Å². The predicted octanol–water partition coefficient (Wildman–Crippen LogP) is 2.16. The van der Waals surface area contributed by atoms with Crippen molar-refractivity contribution < 1.29 is 17.9 Å². The van der Waals surface area contributed by atoms with Crippen molar-refractivity contribution in [2.24, 2.45) is 0 Å². The Kier molecular flexibility index (Phi) is 6.15. The monoisotopic (exact) mass is 404 g/mol. The topological polar surface area (TPSA) is 91.8 Å². The predicted molar refractivity (Wildman–Crippen MR) is 107 cm³/mol. The molecule has 1 aromatic carbocycles. The fraction of sp³-hybridized carbons (Fsp3) is 0.368. The van der Waals surface area contributed by atoms with Gasteiger partial charge in [0.2, 0.25) is 10.0 Å². The van der Waals surface area contributed by atoms with Crippen LogP contribution < -0.4 is 10.1 Å². The van der Waals surface area contributed by atoms with E-state index < -0.39 is 10.0 Å². The largest absolute Gasteiger partial charge is 0.492 e. The summed E-state index contributed by atoms with van der Waals surface area (Å²) in [5.74, 6) is 0.603. The molecule has 28 heavy (non-hydrogen) atoms. The number of nitrogens with zero attached hydrogens (tertiary/aromatic N) is 3. The van der Waals surface area contributed by atoms with E-state index in [9.17, 15) is 13.2 Å². The summed E-state index contributed by atoms with van der Waals surface area (Å²) in [6.45, 7) is 3.30. The molecule has 1 aromatic heterocycles. The molecule has 0 aliphatic carbocycles. The van der Waals surface area contributed by atoms with Crippen molar-refractivity contribution in [3.05, 3.63) is 54.4 Å². The van der Waals surface area contributed by atoms with Crippen molar-refractivity contribution in [3.8, 4) is 5.75 Å². The number of carbonyl (C=O) groups excluding carboxylic acids is 1. The van der Waals surface area contributed by atoms with Crippen LogP contribution in [0.5, 0.6) is 5.75 Å². The van der Waals surface area contributed by atoms with E-state index >= 15 is 0 Å². The van der Waals surface area contributed by atoms with Crippen molar-refractivity contribution in [1.82, 2.24) is 14.2 Å². The van der Waals surface area contributed by atoms with Gasteiger partial charge in [0.05, 0.1) is 24.6 Å². The molecule has 0 unspecified atom stereocenters. The minimum absolute atomic E-state index is 0.254. The number of para-hydroxylation sites is 2. The van der Waals surface area contributed by atoms with Crippen LogP contribution in [0.3, 0.4) is 0 Å². The molecule has 0 bridgehead atoms. The number of nitrogens with one attached hydrogen (secondary N) is 1. The van der Waals surface area contributed by atoms with Crippen molar-refractivity contribution in [3.63, 3.8) is 0 Å². The van der Waals surface area contributed by atoms with E-state index in [4.69, 9.17) is 4.74 Å². The molecule has 9 heteroatoms. The normalized spacial score (nSPS) is 14.6. The number of benzene rings is 1. The summed E-state index contributed by atoms with van der Waals surface area (Å²) in [5, 5.41) is 2.83. The van der Waals surface area contributed by atoms with Gasteiger partial charge in [-0.25, -0.2) is 13.2 Å². The highest BCUT2D eigenvalue weighted by Gasteiger charge is 2.39. The lowest BCUT2D eigenvalue weighted by atomic mass is 10.1. The molecular weight excluding hydrogens is 380 g/mol. The molecule has 0 spiro atoms. The quantitative estimate of drug-likeness (QED) is 0.764. The molecule has 2 aromatic rings. The molecular formula is C19H24N4O4S. The van der Waals surface area contributed by atoms with Crippen LogP contribution in [-0.4, -0.2) is 60.6 Å². The number of hydrogen-bond donors (Lipinski definition) is 1. The molecule has 0 radical (unpaired) electrons. The van der Waals surface area contributed by atoms with E-state index in [1.807, 2.05) is 19.1 Å². The van der Waals surface area contributed by atoms with Crippen molar-refractivity contribution >= 4 is 21.7 Å². The fourth-order valence-corrected chi connectivity index (χ4v) is 4.09. The van der Waals surface area contributed by atoms with Gasteiger partial charge in [-0.15, -0.1) is 0 Å². The number of pyridine rings is 1. The lowest BCUT2D eigenvalue weighted by Gasteiger charge is -2.44. The van der Waals surface area contributed by atoms with Crippen molar-refractivity contribution in [2.75, 3.05) is 31.3 Å². The third kappa shape index (κ3) is 4.79. The SMILES string of the molecule is CCOc1ccccc1NC(=O)N1CC(N(Cc2ccncc2)S(C)(=O)=O)C1. The van der Waals surface area contributed by atoms with E-state index in [2.05, 4.69) is 10.3 Å². The van der Waals surface area contributed by atoms with Crippen LogP contribution in [0.1, 0.15) is 12.5 Å². The number of ether oxygens (including phenoxy) is 1. The second-order valence-electron chi connectivity index (χ2n) is 6.58. The maximum atomic E-state index is 12.5. The molecule has 1 aliphatic heterocycles.